The van der Waals surface area contributed by atoms with Crippen LogP contribution < -0.4 is 5.32 Å². The SMILES string of the molecule is Cc1cccc(NC(C)C2CCN(C(=O)OC(C)(C)C)CC2)c1. The molecule has 128 valence electrons. The molecule has 1 N–H and O–H groups in total. The summed E-state index contributed by atoms with van der Waals surface area (Å²) < 4.78 is 5.45. The Morgan fingerprint density at radius 3 is 2.52 bits per heavy atom. The summed E-state index contributed by atoms with van der Waals surface area (Å²) >= 11 is 0. The van der Waals surface area contributed by atoms with Crippen molar-refractivity contribution < 1.29 is 9.53 Å². The molecule has 1 aliphatic heterocycles. The Morgan fingerprint density at radius 2 is 1.96 bits per heavy atom. The van der Waals surface area contributed by atoms with E-state index < -0.39 is 5.60 Å². The molecule has 1 unspecified atom stereocenters. The predicted octanol–water partition coefficient (Wildman–Crippen LogP) is 4.44. The number of rotatable bonds is 3. The van der Waals surface area contributed by atoms with Gasteiger partial charge in [-0.2, -0.15) is 0 Å². The van der Waals surface area contributed by atoms with Gasteiger partial charge in [-0.1, -0.05) is 12.1 Å². The van der Waals surface area contributed by atoms with E-state index in [9.17, 15) is 4.79 Å². The number of carbonyl (C=O) groups excluding carboxylic acids is 1. The van der Waals surface area contributed by atoms with Gasteiger partial charge in [-0.05, 0) is 71.1 Å². The van der Waals surface area contributed by atoms with Crippen molar-refractivity contribution in [1.29, 1.82) is 0 Å². The third kappa shape index (κ3) is 5.45. The minimum atomic E-state index is -0.423. The fourth-order valence-electron chi connectivity index (χ4n) is 3.02. The van der Waals surface area contributed by atoms with Gasteiger partial charge in [-0.25, -0.2) is 4.79 Å². The molecule has 4 nitrogen and oxygen atoms in total. The molecule has 1 fully saturated rings. The Hall–Kier alpha value is -1.71. The standard InChI is InChI=1S/C19H30N2O2/c1-14-7-6-8-17(13-14)20-15(2)16-9-11-21(12-10-16)18(22)23-19(3,4)5/h6-8,13,15-16,20H,9-12H2,1-5H3. The predicted molar refractivity (Wildman–Crippen MR) is 94.8 cm³/mol. The third-order valence-corrected chi connectivity index (χ3v) is 4.31. The summed E-state index contributed by atoms with van der Waals surface area (Å²) in [5.74, 6) is 0.578. The monoisotopic (exact) mass is 318 g/mol. The van der Waals surface area contributed by atoms with Gasteiger partial charge in [-0.3, -0.25) is 0 Å². The van der Waals surface area contributed by atoms with Crippen LogP contribution in [-0.2, 0) is 4.74 Å². The second kappa shape index (κ2) is 7.24. The van der Waals surface area contributed by atoms with Crippen LogP contribution >= 0.6 is 0 Å². The maximum atomic E-state index is 12.1. The van der Waals surface area contributed by atoms with Crippen molar-refractivity contribution in [3.05, 3.63) is 29.8 Å². The fourth-order valence-corrected chi connectivity index (χ4v) is 3.02. The van der Waals surface area contributed by atoms with Crippen LogP contribution in [0.15, 0.2) is 24.3 Å². The van der Waals surface area contributed by atoms with E-state index in [0.717, 1.165) is 25.9 Å². The first-order valence-corrected chi connectivity index (χ1v) is 8.56. The highest BCUT2D eigenvalue weighted by Crippen LogP contribution is 2.24. The summed E-state index contributed by atoms with van der Waals surface area (Å²) in [4.78, 5) is 13.9. The summed E-state index contributed by atoms with van der Waals surface area (Å²) in [6, 6.07) is 8.87. The lowest BCUT2D eigenvalue weighted by Gasteiger charge is -2.36. The van der Waals surface area contributed by atoms with Gasteiger partial charge in [0.2, 0.25) is 0 Å². The van der Waals surface area contributed by atoms with Crippen LogP contribution in [0.4, 0.5) is 10.5 Å². The molecule has 2 rings (SSSR count). The highest BCUT2D eigenvalue weighted by molar-refractivity contribution is 5.68. The molecule has 0 aromatic heterocycles. The normalized spacial score (nSPS) is 17.7. The quantitative estimate of drug-likeness (QED) is 0.895. The molecule has 1 saturated heterocycles. The second-order valence-electron chi connectivity index (χ2n) is 7.61. The maximum Gasteiger partial charge on any atom is 0.410 e. The molecular formula is C19H30N2O2. The molecular weight excluding hydrogens is 288 g/mol. The molecule has 1 amide bonds. The lowest BCUT2D eigenvalue weighted by atomic mass is 9.90. The van der Waals surface area contributed by atoms with Gasteiger partial charge in [0, 0.05) is 24.8 Å². The molecule has 0 bridgehead atoms. The third-order valence-electron chi connectivity index (χ3n) is 4.31. The Labute approximate surface area is 140 Å². The number of hydrogen-bond donors (Lipinski definition) is 1. The second-order valence-corrected chi connectivity index (χ2v) is 7.61. The van der Waals surface area contributed by atoms with Crippen molar-refractivity contribution in [1.82, 2.24) is 4.90 Å². The van der Waals surface area contributed by atoms with Crippen molar-refractivity contribution in [2.45, 2.75) is 59.1 Å². The molecule has 0 saturated carbocycles. The average molecular weight is 318 g/mol. The zero-order valence-corrected chi connectivity index (χ0v) is 15.1. The summed E-state index contributed by atoms with van der Waals surface area (Å²) in [6.45, 7) is 11.6. The molecule has 1 aromatic carbocycles. The molecule has 0 aliphatic carbocycles. The minimum Gasteiger partial charge on any atom is -0.444 e. The number of likely N-dealkylation sites (tertiary alicyclic amines) is 1. The Bertz CT molecular complexity index is 528. The van der Waals surface area contributed by atoms with Gasteiger partial charge in [-0.15, -0.1) is 0 Å². The lowest BCUT2D eigenvalue weighted by molar-refractivity contribution is 0.0179. The molecule has 1 aromatic rings. The largest absolute Gasteiger partial charge is 0.444 e. The minimum absolute atomic E-state index is 0.185. The van der Waals surface area contributed by atoms with E-state index >= 15 is 0 Å². The summed E-state index contributed by atoms with van der Waals surface area (Å²) in [7, 11) is 0. The van der Waals surface area contributed by atoms with Crippen LogP contribution in [-0.4, -0.2) is 35.7 Å². The smallest absolute Gasteiger partial charge is 0.410 e. The first-order valence-electron chi connectivity index (χ1n) is 8.56. The Morgan fingerprint density at radius 1 is 1.30 bits per heavy atom. The van der Waals surface area contributed by atoms with Crippen LogP contribution in [0.2, 0.25) is 0 Å². The Balaban J connectivity index is 1.83. The summed E-state index contributed by atoms with van der Waals surface area (Å²) in [5, 5.41) is 3.60. The zero-order valence-electron chi connectivity index (χ0n) is 15.1. The fraction of sp³-hybridized carbons (Fsp3) is 0.632. The van der Waals surface area contributed by atoms with Crippen LogP contribution in [0.1, 0.15) is 46.1 Å². The number of ether oxygens (including phenoxy) is 1. The van der Waals surface area contributed by atoms with Gasteiger partial charge in [0.05, 0.1) is 0 Å². The molecule has 4 heteroatoms. The number of aryl methyl sites for hydroxylation is 1. The van der Waals surface area contributed by atoms with E-state index in [1.807, 2.05) is 25.7 Å². The number of nitrogens with one attached hydrogen (secondary N) is 1. The van der Waals surface area contributed by atoms with E-state index in [4.69, 9.17) is 4.74 Å². The first-order chi connectivity index (χ1) is 10.7. The first kappa shape index (κ1) is 17.6. The van der Waals surface area contributed by atoms with Gasteiger partial charge in [0.15, 0.2) is 0 Å². The summed E-state index contributed by atoms with van der Waals surface area (Å²) in [6.07, 6.45) is 1.84. The zero-order chi connectivity index (χ0) is 17.0. The lowest BCUT2D eigenvalue weighted by Crippen LogP contribution is -2.44. The van der Waals surface area contributed by atoms with Crippen molar-refractivity contribution >= 4 is 11.8 Å². The van der Waals surface area contributed by atoms with Crippen molar-refractivity contribution in [2.75, 3.05) is 18.4 Å². The topological polar surface area (TPSA) is 41.6 Å². The number of amides is 1. The number of nitrogens with zero attached hydrogens (tertiary/aromatic N) is 1. The number of benzene rings is 1. The molecule has 1 heterocycles. The van der Waals surface area contributed by atoms with Crippen molar-refractivity contribution in [3.8, 4) is 0 Å². The van der Waals surface area contributed by atoms with E-state index in [1.165, 1.54) is 11.3 Å². The van der Waals surface area contributed by atoms with Crippen LogP contribution in [0.5, 0.6) is 0 Å². The average Bonchev–Trinajstić information content (AvgIpc) is 2.45. The van der Waals surface area contributed by atoms with Crippen LogP contribution in [0.3, 0.4) is 0 Å². The number of piperidine rings is 1. The van der Waals surface area contributed by atoms with E-state index in [1.54, 1.807) is 0 Å². The van der Waals surface area contributed by atoms with Crippen molar-refractivity contribution in [2.24, 2.45) is 5.92 Å². The number of anilines is 1. The van der Waals surface area contributed by atoms with Crippen LogP contribution in [0, 0.1) is 12.8 Å². The maximum absolute atomic E-state index is 12.1. The van der Waals surface area contributed by atoms with E-state index in [0.29, 0.717) is 12.0 Å². The molecule has 0 spiro atoms. The Kier molecular flexibility index (Phi) is 5.55. The molecule has 1 atom stereocenters. The highest BCUT2D eigenvalue weighted by Gasteiger charge is 2.29. The van der Waals surface area contributed by atoms with Gasteiger partial charge >= 0.3 is 6.09 Å². The van der Waals surface area contributed by atoms with E-state index in [-0.39, 0.29) is 6.09 Å². The molecule has 1 aliphatic rings. The number of carbonyl (C=O) groups is 1. The van der Waals surface area contributed by atoms with Crippen molar-refractivity contribution in [3.63, 3.8) is 0 Å². The van der Waals surface area contributed by atoms with Crippen LogP contribution in [0.25, 0.3) is 0 Å². The van der Waals surface area contributed by atoms with Gasteiger partial charge in [0.25, 0.3) is 0 Å². The molecule has 23 heavy (non-hydrogen) atoms. The van der Waals surface area contributed by atoms with Gasteiger partial charge < -0.3 is 15.0 Å². The summed E-state index contributed by atoms with van der Waals surface area (Å²) in [5.41, 5.74) is 2.02. The highest BCUT2D eigenvalue weighted by atomic mass is 16.6. The molecule has 0 radical (unpaired) electrons. The van der Waals surface area contributed by atoms with Gasteiger partial charge in [0.1, 0.15) is 5.60 Å². The van der Waals surface area contributed by atoms with E-state index in [2.05, 4.69) is 43.4 Å². The number of hydrogen-bond acceptors (Lipinski definition) is 3.